The molecule has 2 aromatic carbocycles. The number of aryl methyl sites for hydroxylation is 1. The summed E-state index contributed by atoms with van der Waals surface area (Å²) in [6.07, 6.45) is -0.797. The standard InChI is InChI=1S/C16H16ClFO2/c1-10-3-4-12(15(17)7-10)9-20-16-6-5-13(18)8-14(16)11(2)19/h3-8,11,19H,9H2,1-2H3/t11-/m1/s1. The summed E-state index contributed by atoms with van der Waals surface area (Å²) in [5, 5.41) is 10.3. The van der Waals surface area contributed by atoms with Gasteiger partial charge in [0.2, 0.25) is 0 Å². The largest absolute Gasteiger partial charge is 0.488 e. The average molecular weight is 295 g/mol. The van der Waals surface area contributed by atoms with Gasteiger partial charge in [0.05, 0.1) is 6.10 Å². The van der Waals surface area contributed by atoms with E-state index in [-0.39, 0.29) is 6.61 Å². The third kappa shape index (κ3) is 3.50. The predicted molar refractivity (Wildman–Crippen MR) is 77.6 cm³/mol. The van der Waals surface area contributed by atoms with Crippen molar-refractivity contribution in [3.05, 3.63) is 63.9 Å². The zero-order chi connectivity index (χ0) is 14.7. The fourth-order valence-electron chi connectivity index (χ4n) is 1.90. The smallest absolute Gasteiger partial charge is 0.125 e. The summed E-state index contributed by atoms with van der Waals surface area (Å²) < 4.78 is 18.8. The Morgan fingerprint density at radius 3 is 2.65 bits per heavy atom. The highest BCUT2D eigenvalue weighted by Gasteiger charge is 2.11. The molecule has 4 heteroatoms. The lowest BCUT2D eigenvalue weighted by Crippen LogP contribution is -2.02. The quantitative estimate of drug-likeness (QED) is 0.904. The van der Waals surface area contributed by atoms with E-state index in [1.54, 1.807) is 6.92 Å². The topological polar surface area (TPSA) is 29.5 Å². The number of rotatable bonds is 4. The van der Waals surface area contributed by atoms with Crippen LogP contribution in [0.25, 0.3) is 0 Å². The van der Waals surface area contributed by atoms with E-state index in [2.05, 4.69) is 0 Å². The van der Waals surface area contributed by atoms with Crippen LogP contribution >= 0.6 is 11.6 Å². The van der Waals surface area contributed by atoms with Crippen molar-refractivity contribution in [2.45, 2.75) is 26.6 Å². The maximum absolute atomic E-state index is 13.2. The summed E-state index contributed by atoms with van der Waals surface area (Å²) in [6.45, 7) is 3.80. The van der Waals surface area contributed by atoms with Crippen LogP contribution in [0.2, 0.25) is 5.02 Å². The van der Waals surface area contributed by atoms with Gasteiger partial charge in [0, 0.05) is 16.1 Å². The van der Waals surface area contributed by atoms with E-state index in [4.69, 9.17) is 16.3 Å². The van der Waals surface area contributed by atoms with Crippen molar-refractivity contribution in [3.63, 3.8) is 0 Å². The van der Waals surface area contributed by atoms with Gasteiger partial charge < -0.3 is 9.84 Å². The molecule has 2 aromatic rings. The van der Waals surface area contributed by atoms with Crippen molar-refractivity contribution in [1.82, 2.24) is 0 Å². The summed E-state index contributed by atoms with van der Waals surface area (Å²) in [5.41, 5.74) is 2.34. The van der Waals surface area contributed by atoms with Gasteiger partial charge in [-0.2, -0.15) is 0 Å². The Hall–Kier alpha value is -1.58. The molecule has 0 fully saturated rings. The summed E-state index contributed by atoms with van der Waals surface area (Å²) in [5.74, 6) is 0.0552. The Labute approximate surface area is 122 Å². The first-order chi connectivity index (χ1) is 9.47. The zero-order valence-corrected chi connectivity index (χ0v) is 12.1. The molecule has 106 valence electrons. The van der Waals surface area contributed by atoms with Crippen molar-refractivity contribution in [1.29, 1.82) is 0 Å². The average Bonchev–Trinajstić information content (AvgIpc) is 2.38. The molecule has 0 aliphatic heterocycles. The molecule has 0 saturated heterocycles. The van der Waals surface area contributed by atoms with Crippen LogP contribution in [0.15, 0.2) is 36.4 Å². The lowest BCUT2D eigenvalue weighted by atomic mass is 10.1. The van der Waals surface area contributed by atoms with E-state index >= 15 is 0 Å². The molecular formula is C16H16ClFO2. The molecule has 20 heavy (non-hydrogen) atoms. The first-order valence-corrected chi connectivity index (χ1v) is 6.70. The van der Waals surface area contributed by atoms with Crippen molar-refractivity contribution in [2.24, 2.45) is 0 Å². The van der Waals surface area contributed by atoms with Crippen LogP contribution in [-0.2, 0) is 6.61 Å². The number of benzene rings is 2. The molecule has 2 rings (SSSR count). The molecule has 0 aliphatic carbocycles. The Morgan fingerprint density at radius 2 is 2.00 bits per heavy atom. The van der Waals surface area contributed by atoms with Crippen LogP contribution in [0.3, 0.4) is 0 Å². The van der Waals surface area contributed by atoms with E-state index in [0.29, 0.717) is 16.3 Å². The molecule has 0 bridgehead atoms. The number of aliphatic hydroxyl groups is 1. The molecule has 1 atom stereocenters. The minimum atomic E-state index is -0.797. The van der Waals surface area contributed by atoms with E-state index < -0.39 is 11.9 Å². The monoisotopic (exact) mass is 294 g/mol. The van der Waals surface area contributed by atoms with Crippen LogP contribution in [0, 0.1) is 12.7 Å². The first-order valence-electron chi connectivity index (χ1n) is 6.32. The molecular weight excluding hydrogens is 279 g/mol. The van der Waals surface area contributed by atoms with Crippen LogP contribution in [-0.4, -0.2) is 5.11 Å². The molecule has 2 nitrogen and oxygen atoms in total. The van der Waals surface area contributed by atoms with Crippen molar-refractivity contribution < 1.29 is 14.2 Å². The van der Waals surface area contributed by atoms with Gasteiger partial charge in [-0.3, -0.25) is 0 Å². The van der Waals surface area contributed by atoms with Crippen molar-refractivity contribution in [2.75, 3.05) is 0 Å². The van der Waals surface area contributed by atoms with Crippen LogP contribution in [0.1, 0.15) is 29.7 Å². The fraction of sp³-hybridized carbons (Fsp3) is 0.250. The van der Waals surface area contributed by atoms with Crippen LogP contribution < -0.4 is 4.74 Å². The third-order valence-electron chi connectivity index (χ3n) is 3.01. The molecule has 0 saturated carbocycles. The van der Waals surface area contributed by atoms with E-state index in [1.807, 2.05) is 25.1 Å². The van der Waals surface area contributed by atoms with Crippen LogP contribution in [0.5, 0.6) is 5.75 Å². The first kappa shape index (κ1) is 14.8. The van der Waals surface area contributed by atoms with Crippen molar-refractivity contribution in [3.8, 4) is 5.75 Å². The SMILES string of the molecule is Cc1ccc(COc2ccc(F)cc2[C@@H](C)O)c(Cl)c1. The number of ether oxygens (including phenoxy) is 1. The Balaban J connectivity index is 2.18. The van der Waals surface area contributed by atoms with Gasteiger partial charge in [-0.15, -0.1) is 0 Å². The second-order valence-corrected chi connectivity index (χ2v) is 5.15. The van der Waals surface area contributed by atoms with Gasteiger partial charge in [-0.25, -0.2) is 4.39 Å². The second kappa shape index (κ2) is 6.25. The number of hydrogen-bond donors (Lipinski definition) is 1. The summed E-state index contributed by atoms with van der Waals surface area (Å²) in [6, 6.07) is 9.79. The number of hydrogen-bond acceptors (Lipinski definition) is 2. The highest BCUT2D eigenvalue weighted by Crippen LogP contribution is 2.27. The normalized spacial score (nSPS) is 12.2. The van der Waals surface area contributed by atoms with Gasteiger partial charge >= 0.3 is 0 Å². The maximum atomic E-state index is 13.2. The van der Waals surface area contributed by atoms with Gasteiger partial charge in [0.15, 0.2) is 0 Å². The number of aliphatic hydroxyl groups excluding tert-OH is 1. The highest BCUT2D eigenvalue weighted by molar-refractivity contribution is 6.31. The fourth-order valence-corrected chi connectivity index (χ4v) is 2.19. The van der Waals surface area contributed by atoms with Crippen LogP contribution in [0.4, 0.5) is 4.39 Å². The van der Waals surface area contributed by atoms with E-state index in [9.17, 15) is 9.50 Å². The molecule has 0 heterocycles. The minimum Gasteiger partial charge on any atom is -0.488 e. The number of halogens is 2. The summed E-state index contributed by atoms with van der Waals surface area (Å²) in [7, 11) is 0. The molecule has 0 spiro atoms. The lowest BCUT2D eigenvalue weighted by Gasteiger charge is -2.14. The zero-order valence-electron chi connectivity index (χ0n) is 11.4. The lowest BCUT2D eigenvalue weighted by molar-refractivity contribution is 0.189. The summed E-state index contributed by atoms with van der Waals surface area (Å²) in [4.78, 5) is 0. The summed E-state index contributed by atoms with van der Waals surface area (Å²) >= 11 is 6.13. The van der Waals surface area contributed by atoms with E-state index in [1.165, 1.54) is 18.2 Å². The predicted octanol–water partition coefficient (Wildman–Crippen LogP) is 4.42. The third-order valence-corrected chi connectivity index (χ3v) is 3.37. The minimum absolute atomic E-state index is 0.268. The molecule has 1 N–H and O–H groups in total. The van der Waals surface area contributed by atoms with Gasteiger partial charge in [0.1, 0.15) is 18.2 Å². The van der Waals surface area contributed by atoms with Gasteiger partial charge in [0.25, 0.3) is 0 Å². The van der Waals surface area contributed by atoms with Crippen molar-refractivity contribution >= 4 is 11.6 Å². The molecule has 0 radical (unpaired) electrons. The maximum Gasteiger partial charge on any atom is 0.125 e. The molecule has 0 amide bonds. The Kier molecular flexibility index (Phi) is 4.63. The molecule has 0 aliphatic rings. The van der Waals surface area contributed by atoms with Gasteiger partial charge in [-0.1, -0.05) is 23.7 Å². The molecule has 0 unspecified atom stereocenters. The van der Waals surface area contributed by atoms with Gasteiger partial charge in [-0.05, 0) is 43.7 Å². The Bertz CT molecular complexity index is 611. The Morgan fingerprint density at radius 1 is 1.25 bits per heavy atom. The van der Waals surface area contributed by atoms with E-state index in [0.717, 1.165) is 11.1 Å². The molecule has 0 aromatic heterocycles. The second-order valence-electron chi connectivity index (χ2n) is 4.74. The highest BCUT2D eigenvalue weighted by atomic mass is 35.5.